The van der Waals surface area contributed by atoms with Crippen molar-refractivity contribution in [3.8, 4) is 33.4 Å². The van der Waals surface area contributed by atoms with Crippen LogP contribution >= 0.6 is 0 Å². The number of rotatable bonds is 3. The maximum Gasteiger partial charge on any atom is 0.0630 e. The largest absolute Gasteiger partial charge is 0.0630 e. The van der Waals surface area contributed by atoms with Crippen molar-refractivity contribution >= 4 is 75.4 Å². The molecule has 0 aliphatic heterocycles. The molecule has 0 amide bonds. The van der Waals surface area contributed by atoms with Gasteiger partial charge in [0, 0.05) is 0 Å². The Kier molecular flexibility index (Phi) is 2.95. The Balaban J connectivity index is 1.17. The van der Waals surface area contributed by atoms with Gasteiger partial charge >= 0.3 is 0 Å². The smallest absolute Gasteiger partial charge is 0.0616 e. The summed E-state index contributed by atoms with van der Waals surface area (Å²) in [4.78, 5) is 0. The lowest BCUT2D eigenvalue weighted by Crippen LogP contribution is -1.90. The predicted octanol–water partition coefficient (Wildman–Crippen LogP) is 13.6. The van der Waals surface area contributed by atoms with Crippen LogP contribution in [0, 0.1) is 0 Å². The Hall–Kier alpha value is -6.24. The van der Waals surface area contributed by atoms with Gasteiger partial charge in [-0.05, 0) is 121 Å². The average Bonchev–Trinajstić information content (AvgIpc) is 3.29. The highest BCUT2D eigenvalue weighted by Crippen LogP contribution is 2.43. The summed E-state index contributed by atoms with van der Waals surface area (Å²) >= 11 is 0. The molecule has 0 aliphatic carbocycles. The van der Waals surface area contributed by atoms with Crippen molar-refractivity contribution in [1.29, 1.82) is 0 Å². The van der Waals surface area contributed by atoms with E-state index in [2.05, 4.69) is 0 Å². The number of hydrogen-bond acceptors (Lipinski definition) is 0. The molecule has 0 saturated heterocycles. The fraction of sp³-hybridized carbons (Fsp3) is 0. The molecule has 0 aliphatic rings. The molecule has 0 bridgehead atoms. The molecule has 0 radical (unpaired) electrons. The van der Waals surface area contributed by atoms with E-state index in [4.69, 9.17) is 17.8 Å². The third kappa shape index (κ3) is 3.60. The molecule has 0 saturated carbocycles. The fourth-order valence-electron chi connectivity index (χ4n) is 7.14. The summed E-state index contributed by atoms with van der Waals surface area (Å²) in [5, 5.41) is 1.74. The van der Waals surface area contributed by atoms with Crippen LogP contribution in [0.25, 0.3) is 109 Å². The van der Waals surface area contributed by atoms with Gasteiger partial charge in [-0.1, -0.05) is 157 Å². The van der Waals surface area contributed by atoms with Crippen LogP contribution in [0.3, 0.4) is 0 Å². The van der Waals surface area contributed by atoms with Gasteiger partial charge in [0.05, 0.1) is 23.3 Å². The van der Waals surface area contributed by atoms with Crippen molar-refractivity contribution in [2.45, 2.75) is 0 Å². The second-order valence-electron chi connectivity index (χ2n) is 11.9. The molecule has 0 N–H and O–H groups in total. The summed E-state index contributed by atoms with van der Waals surface area (Å²) in [6, 6.07) is 12.8. The van der Waals surface area contributed by atoms with Gasteiger partial charge in [-0.25, -0.2) is 0 Å². The highest BCUT2D eigenvalue weighted by Gasteiger charge is 2.16. The third-order valence-electron chi connectivity index (χ3n) is 9.35. The molecule has 48 heavy (non-hydrogen) atoms. The number of benzene rings is 11. The minimum Gasteiger partial charge on any atom is -0.0616 e. The minimum atomic E-state index is -0.546. The second kappa shape index (κ2) is 9.64. The van der Waals surface area contributed by atoms with Crippen molar-refractivity contribution < 1.29 is 23.3 Å². The van der Waals surface area contributed by atoms with Gasteiger partial charge in [0.15, 0.2) is 0 Å². The lowest BCUT2D eigenvalue weighted by molar-refractivity contribution is 1.62. The number of hydrogen-bond donors (Lipinski definition) is 0. The Morgan fingerprint density at radius 2 is 0.812 bits per heavy atom. The molecule has 0 unspecified atom stereocenters. The molecule has 0 nitrogen and oxygen atoms in total. The van der Waals surface area contributed by atoms with Crippen LogP contribution in [0.1, 0.15) is 23.3 Å². The molecule has 220 valence electrons. The summed E-state index contributed by atoms with van der Waals surface area (Å²) in [7, 11) is 0. The van der Waals surface area contributed by atoms with Crippen molar-refractivity contribution in [2.24, 2.45) is 0 Å². The van der Waals surface area contributed by atoms with E-state index >= 15 is 0 Å². The summed E-state index contributed by atoms with van der Waals surface area (Å²) in [5.41, 5.74) is 2.78. The maximum absolute atomic E-state index is 9.37. The molecular weight excluding hydrogens is 577 g/mol. The third-order valence-corrected chi connectivity index (χ3v) is 9.35. The van der Waals surface area contributed by atoms with Gasteiger partial charge in [0.1, 0.15) is 0 Å². The van der Waals surface area contributed by atoms with Gasteiger partial charge in [-0.3, -0.25) is 0 Å². The molecule has 0 spiro atoms. The first-order valence-electron chi connectivity index (χ1n) is 23.9. The predicted molar refractivity (Wildman–Crippen MR) is 208 cm³/mol. The fourth-order valence-corrected chi connectivity index (χ4v) is 7.14. The average molecular weight is 622 g/mol. The van der Waals surface area contributed by atoms with E-state index in [0.717, 1.165) is 10.8 Å². The zero-order valence-corrected chi connectivity index (χ0v) is 24.9. The second-order valence-corrected chi connectivity index (χ2v) is 11.9. The topological polar surface area (TPSA) is 0 Å². The van der Waals surface area contributed by atoms with Gasteiger partial charge in [0.2, 0.25) is 0 Å². The SMILES string of the molecule is [2H]c1c([2H])c2c([2H])c([2H])c3c([2H])cc(-c4cc(-c5ccc(-c6c([2H])c([2H])c7c([2H])c([2H])c8c([2H])c([2H])c([2H])c9c([2H])c([2H])c6c7c89)cc5)cc5ccccc45)c4c([2H])c([2H])c(c1[2H])c2c34. The van der Waals surface area contributed by atoms with Crippen LogP contribution in [0.15, 0.2) is 169 Å². The quantitative estimate of drug-likeness (QED) is 0.172. The Labute approximate surface area is 301 Å². The molecule has 11 rings (SSSR count). The molecule has 0 heteroatoms. The van der Waals surface area contributed by atoms with E-state index < -0.39 is 66.5 Å². The summed E-state index contributed by atoms with van der Waals surface area (Å²) in [5.74, 6) is 0. The van der Waals surface area contributed by atoms with Gasteiger partial charge < -0.3 is 0 Å². The van der Waals surface area contributed by atoms with Gasteiger partial charge in [0.25, 0.3) is 0 Å². The van der Waals surface area contributed by atoms with E-state index in [1.807, 2.05) is 36.4 Å². The molecule has 11 aromatic rings. The highest BCUT2D eigenvalue weighted by molar-refractivity contribution is 6.27. The van der Waals surface area contributed by atoms with Crippen LogP contribution in [0.4, 0.5) is 0 Å². The Morgan fingerprint density at radius 3 is 1.48 bits per heavy atom. The molecule has 0 heterocycles. The van der Waals surface area contributed by atoms with Crippen LogP contribution in [-0.2, 0) is 0 Å². The molecule has 0 fully saturated rings. The first-order chi connectivity index (χ1) is 30.9. The van der Waals surface area contributed by atoms with Crippen molar-refractivity contribution in [2.75, 3.05) is 0 Å². The Bertz CT molecular complexity index is 3960. The van der Waals surface area contributed by atoms with Crippen LogP contribution < -0.4 is 0 Å². The number of fused-ring (bicyclic) bond motifs is 1. The summed E-state index contributed by atoms with van der Waals surface area (Å²) in [6.45, 7) is 0. The first-order valence-corrected chi connectivity index (χ1v) is 15.4. The molecule has 11 aromatic carbocycles. The molecular formula is C48H28. The van der Waals surface area contributed by atoms with Crippen molar-refractivity contribution in [1.82, 2.24) is 0 Å². The van der Waals surface area contributed by atoms with Crippen LogP contribution in [0.2, 0.25) is 0 Å². The minimum absolute atomic E-state index is 0.0394. The van der Waals surface area contributed by atoms with E-state index in [1.165, 1.54) is 6.07 Å². The van der Waals surface area contributed by atoms with Crippen LogP contribution in [0.5, 0.6) is 0 Å². The van der Waals surface area contributed by atoms with Gasteiger partial charge in [-0.2, -0.15) is 0 Å². The highest BCUT2D eigenvalue weighted by atomic mass is 14.2. The van der Waals surface area contributed by atoms with E-state index in [0.29, 0.717) is 27.8 Å². The van der Waals surface area contributed by atoms with Crippen molar-refractivity contribution in [3.05, 3.63) is 169 Å². The normalized spacial score (nSPS) is 17.1. The van der Waals surface area contributed by atoms with E-state index in [1.54, 1.807) is 24.3 Å². The monoisotopic (exact) mass is 621 g/mol. The zero-order chi connectivity index (χ0) is 46.1. The first kappa shape index (κ1) is 14.7. The van der Waals surface area contributed by atoms with E-state index in [9.17, 15) is 5.48 Å². The van der Waals surface area contributed by atoms with E-state index in [-0.39, 0.29) is 106 Å². The van der Waals surface area contributed by atoms with Gasteiger partial charge in [-0.15, -0.1) is 0 Å². The van der Waals surface area contributed by atoms with Crippen LogP contribution in [-0.4, -0.2) is 0 Å². The summed E-state index contributed by atoms with van der Waals surface area (Å²) < 4.78 is 151. The standard InChI is InChI=1S/C48H28/c1-2-10-39-37(5-1)27-38(28-44(39)41-24-20-36-18-16-32-7-4-9-34-22-26-43(41)48(36)46(32)34)29-11-13-30(14-12-29)40-23-19-35-17-15-31-6-3-8-33-21-25-42(40)47(35)45(31)33/h1-28H/i3D,4D,6D,7D,8D,9D,15D,16D,17D,18D,19D,20D,21D,22D,23D,25D,26D. The summed E-state index contributed by atoms with van der Waals surface area (Å²) in [6.07, 6.45) is 0. The lowest BCUT2D eigenvalue weighted by atomic mass is 9.87. The zero-order valence-electron chi connectivity index (χ0n) is 41.9. The lowest BCUT2D eigenvalue weighted by Gasteiger charge is -2.17. The maximum atomic E-state index is 9.37. The molecule has 0 atom stereocenters. The Morgan fingerprint density at radius 1 is 0.292 bits per heavy atom. The molecule has 0 aromatic heterocycles. The van der Waals surface area contributed by atoms with Crippen molar-refractivity contribution in [3.63, 3.8) is 0 Å².